The van der Waals surface area contributed by atoms with Crippen molar-refractivity contribution in [1.82, 2.24) is 10.2 Å². The minimum absolute atomic E-state index is 0.130. The maximum absolute atomic E-state index is 12.1. The average Bonchev–Trinajstić information content (AvgIpc) is 2.85. The highest BCUT2D eigenvalue weighted by Gasteiger charge is 2.58. The fraction of sp³-hybridized carbons (Fsp3) is 0.938. The van der Waals surface area contributed by atoms with Gasteiger partial charge in [0.05, 0.1) is 12.2 Å². The van der Waals surface area contributed by atoms with Crippen molar-refractivity contribution >= 4 is 5.78 Å². The summed E-state index contributed by atoms with van der Waals surface area (Å²) in [6.45, 7) is 6.37. The Kier molecular flexibility index (Phi) is 3.46. The van der Waals surface area contributed by atoms with Gasteiger partial charge in [-0.3, -0.25) is 15.0 Å². The molecule has 2 saturated heterocycles. The molecule has 108 valence electrons. The van der Waals surface area contributed by atoms with E-state index in [1.807, 2.05) is 0 Å². The van der Waals surface area contributed by atoms with Crippen LogP contribution in [0.5, 0.6) is 0 Å². The second kappa shape index (κ2) is 4.85. The van der Waals surface area contributed by atoms with Gasteiger partial charge in [-0.2, -0.15) is 0 Å². The van der Waals surface area contributed by atoms with Crippen molar-refractivity contribution in [3.63, 3.8) is 0 Å². The van der Waals surface area contributed by atoms with Crippen molar-refractivity contribution in [3.8, 4) is 0 Å². The molecule has 2 aliphatic heterocycles. The molecule has 3 rings (SSSR count). The maximum atomic E-state index is 12.1. The number of ketones is 1. The summed E-state index contributed by atoms with van der Waals surface area (Å²) in [6.07, 6.45) is 5.89. The topological polar surface area (TPSA) is 32.3 Å². The van der Waals surface area contributed by atoms with Crippen LogP contribution < -0.4 is 5.32 Å². The van der Waals surface area contributed by atoms with E-state index in [0.29, 0.717) is 35.7 Å². The summed E-state index contributed by atoms with van der Waals surface area (Å²) in [5, 5.41) is 3.85. The first-order chi connectivity index (χ1) is 9.02. The van der Waals surface area contributed by atoms with Crippen LogP contribution in [-0.2, 0) is 4.79 Å². The molecule has 6 unspecified atom stereocenters. The molecule has 3 nitrogen and oxygen atoms in total. The fourth-order valence-corrected chi connectivity index (χ4v) is 5.30. The first kappa shape index (κ1) is 13.6. The van der Waals surface area contributed by atoms with Crippen molar-refractivity contribution < 1.29 is 4.79 Å². The van der Waals surface area contributed by atoms with Gasteiger partial charge in [0, 0.05) is 6.04 Å². The Hall–Kier alpha value is -0.410. The van der Waals surface area contributed by atoms with Crippen LogP contribution in [0.2, 0.25) is 0 Å². The quantitative estimate of drug-likeness (QED) is 0.830. The minimum atomic E-state index is 0.130. The van der Waals surface area contributed by atoms with E-state index in [-0.39, 0.29) is 6.04 Å². The lowest BCUT2D eigenvalue weighted by molar-refractivity contribution is -0.123. The first-order valence-electron chi connectivity index (χ1n) is 8.00. The normalized spacial score (nSPS) is 46.4. The molecule has 3 aliphatic rings. The number of nitrogens with one attached hydrogen (secondary N) is 1. The highest BCUT2D eigenvalue weighted by atomic mass is 16.1. The highest BCUT2D eigenvalue weighted by Crippen LogP contribution is 2.50. The Balaban J connectivity index is 1.92. The second-order valence-electron chi connectivity index (χ2n) is 7.29. The van der Waals surface area contributed by atoms with Gasteiger partial charge in [-0.05, 0) is 50.5 Å². The largest absolute Gasteiger partial charge is 0.298 e. The molecule has 1 N–H and O–H groups in total. The Morgan fingerprint density at radius 2 is 1.95 bits per heavy atom. The molecule has 1 saturated carbocycles. The van der Waals surface area contributed by atoms with Crippen molar-refractivity contribution in [2.45, 2.75) is 64.7 Å². The van der Waals surface area contributed by atoms with E-state index < -0.39 is 0 Å². The zero-order valence-electron chi connectivity index (χ0n) is 12.7. The monoisotopic (exact) mass is 264 g/mol. The van der Waals surface area contributed by atoms with Gasteiger partial charge in [0.1, 0.15) is 5.78 Å². The molecule has 0 radical (unpaired) electrons. The molecule has 3 fully saturated rings. The fourth-order valence-electron chi connectivity index (χ4n) is 5.30. The summed E-state index contributed by atoms with van der Waals surface area (Å²) < 4.78 is 0. The molecular weight excluding hydrogens is 236 g/mol. The van der Waals surface area contributed by atoms with Crippen molar-refractivity contribution in [1.29, 1.82) is 0 Å². The van der Waals surface area contributed by atoms with Crippen LogP contribution in [0.3, 0.4) is 0 Å². The highest BCUT2D eigenvalue weighted by molar-refractivity contribution is 5.82. The summed E-state index contributed by atoms with van der Waals surface area (Å²) in [7, 11) is 2.15. The summed E-state index contributed by atoms with van der Waals surface area (Å²) in [5.41, 5.74) is 0. The molecule has 0 aromatic rings. The molecule has 0 aromatic carbocycles. The lowest BCUT2D eigenvalue weighted by atomic mass is 9.70. The van der Waals surface area contributed by atoms with Crippen LogP contribution in [0.15, 0.2) is 0 Å². The molecule has 0 spiro atoms. The van der Waals surface area contributed by atoms with Gasteiger partial charge in [-0.1, -0.05) is 26.7 Å². The average molecular weight is 264 g/mol. The number of rotatable bonds is 2. The van der Waals surface area contributed by atoms with Crippen LogP contribution in [0.4, 0.5) is 0 Å². The van der Waals surface area contributed by atoms with E-state index in [1.165, 1.54) is 25.7 Å². The summed E-state index contributed by atoms with van der Waals surface area (Å²) >= 11 is 0. The molecule has 0 bridgehead atoms. The lowest BCUT2D eigenvalue weighted by Crippen LogP contribution is -2.47. The zero-order valence-corrected chi connectivity index (χ0v) is 12.7. The zero-order chi connectivity index (χ0) is 13.7. The summed E-state index contributed by atoms with van der Waals surface area (Å²) in [5.74, 6) is 2.97. The number of hydrogen-bond acceptors (Lipinski definition) is 3. The molecule has 19 heavy (non-hydrogen) atoms. The van der Waals surface area contributed by atoms with E-state index in [0.717, 1.165) is 5.92 Å². The van der Waals surface area contributed by atoms with Gasteiger partial charge >= 0.3 is 0 Å². The standard InChI is InChI=1S/C16H28N2O/c1-9(2)13-14-11-7-5-6-8-12(11)17-16(14)18(4)15(13)10(3)19/h9,11-17H,5-8H2,1-4H3. The molecular formula is C16H28N2O. The molecule has 0 amide bonds. The number of hydrogen-bond donors (Lipinski definition) is 1. The second-order valence-corrected chi connectivity index (χ2v) is 7.29. The van der Waals surface area contributed by atoms with Crippen molar-refractivity contribution in [2.75, 3.05) is 7.05 Å². The SMILES string of the molecule is CC(=O)C1C(C(C)C)C2C3CCCCC3NC2N1C. The predicted molar refractivity (Wildman–Crippen MR) is 76.7 cm³/mol. The smallest absolute Gasteiger partial charge is 0.147 e. The van der Waals surface area contributed by atoms with Crippen LogP contribution in [0.1, 0.15) is 46.5 Å². The van der Waals surface area contributed by atoms with Crippen molar-refractivity contribution in [3.05, 3.63) is 0 Å². The number of fused-ring (bicyclic) bond motifs is 3. The Labute approximate surface area is 117 Å². The third-order valence-electron chi connectivity index (χ3n) is 5.94. The predicted octanol–water partition coefficient (Wildman–Crippen LogP) is 2.27. The first-order valence-corrected chi connectivity index (χ1v) is 8.00. The Morgan fingerprint density at radius 1 is 1.26 bits per heavy atom. The van der Waals surface area contributed by atoms with E-state index in [2.05, 4.69) is 31.1 Å². The minimum Gasteiger partial charge on any atom is -0.298 e. The van der Waals surface area contributed by atoms with Gasteiger partial charge in [-0.25, -0.2) is 0 Å². The van der Waals surface area contributed by atoms with Gasteiger partial charge < -0.3 is 0 Å². The molecule has 1 aliphatic carbocycles. The summed E-state index contributed by atoms with van der Waals surface area (Å²) in [6, 6.07) is 0.839. The van der Waals surface area contributed by atoms with E-state index in [4.69, 9.17) is 0 Å². The van der Waals surface area contributed by atoms with Crippen LogP contribution >= 0.6 is 0 Å². The third kappa shape index (κ3) is 1.97. The molecule has 0 aromatic heterocycles. The Bertz CT molecular complexity index is 368. The van der Waals surface area contributed by atoms with E-state index in [1.54, 1.807) is 6.92 Å². The van der Waals surface area contributed by atoms with Crippen LogP contribution in [0.25, 0.3) is 0 Å². The molecule has 3 heteroatoms. The number of likely N-dealkylation sites (tertiary alicyclic amines) is 1. The lowest BCUT2D eigenvalue weighted by Gasteiger charge is -2.35. The Morgan fingerprint density at radius 3 is 2.58 bits per heavy atom. The van der Waals surface area contributed by atoms with Crippen LogP contribution in [-0.4, -0.2) is 36.0 Å². The van der Waals surface area contributed by atoms with Crippen LogP contribution in [0, 0.1) is 23.7 Å². The van der Waals surface area contributed by atoms with Gasteiger partial charge in [0.25, 0.3) is 0 Å². The van der Waals surface area contributed by atoms with Gasteiger partial charge in [-0.15, -0.1) is 0 Å². The number of likely N-dealkylation sites (N-methyl/N-ethyl adjacent to an activating group) is 1. The maximum Gasteiger partial charge on any atom is 0.147 e. The molecule has 6 atom stereocenters. The molecule has 2 heterocycles. The number of nitrogens with zero attached hydrogens (tertiary/aromatic N) is 1. The number of carbonyl (C=O) groups excluding carboxylic acids is 1. The van der Waals surface area contributed by atoms with Gasteiger partial charge in [0.15, 0.2) is 0 Å². The van der Waals surface area contributed by atoms with Crippen molar-refractivity contribution in [2.24, 2.45) is 23.7 Å². The van der Waals surface area contributed by atoms with Gasteiger partial charge in [0.2, 0.25) is 0 Å². The van der Waals surface area contributed by atoms with E-state index >= 15 is 0 Å². The third-order valence-corrected chi connectivity index (χ3v) is 5.94. The summed E-state index contributed by atoms with van der Waals surface area (Å²) in [4.78, 5) is 14.4. The number of Topliss-reactive ketones (excluding diaryl/α,β-unsaturated/α-hetero) is 1. The van der Waals surface area contributed by atoms with E-state index in [9.17, 15) is 4.79 Å². The number of carbonyl (C=O) groups is 1.